The molecule has 0 bridgehead atoms. The van der Waals surface area contributed by atoms with E-state index in [4.69, 9.17) is 38.3 Å². The fourth-order valence-corrected chi connectivity index (χ4v) is 4.00. The average molecular weight is 505 g/mol. The van der Waals surface area contributed by atoms with Crippen molar-refractivity contribution in [1.29, 1.82) is 0 Å². The summed E-state index contributed by atoms with van der Waals surface area (Å²) in [7, 11) is 5.72. The van der Waals surface area contributed by atoms with Crippen LogP contribution in [-0.4, -0.2) is 80.2 Å². The molecule has 194 valence electrons. The van der Waals surface area contributed by atoms with Crippen LogP contribution in [0.4, 0.5) is 0 Å². The molecule has 1 aliphatic carbocycles. The molecule has 1 saturated heterocycles. The summed E-state index contributed by atoms with van der Waals surface area (Å²) >= 11 is 0. The fourth-order valence-electron chi connectivity index (χ4n) is 4.00. The van der Waals surface area contributed by atoms with Crippen LogP contribution >= 0.6 is 0 Å². The molecule has 0 amide bonds. The van der Waals surface area contributed by atoms with Crippen molar-refractivity contribution in [3.05, 3.63) is 58.5 Å². The van der Waals surface area contributed by atoms with Crippen LogP contribution in [-0.2, 0) is 23.7 Å². The summed E-state index contributed by atoms with van der Waals surface area (Å²) in [6.07, 6.45) is -1.41. The van der Waals surface area contributed by atoms with Gasteiger partial charge in [-0.2, -0.15) is 0 Å². The van der Waals surface area contributed by atoms with Crippen molar-refractivity contribution in [2.45, 2.75) is 37.6 Å². The van der Waals surface area contributed by atoms with Crippen molar-refractivity contribution in [2.75, 3.05) is 28.4 Å². The van der Waals surface area contributed by atoms with E-state index in [0.29, 0.717) is 28.4 Å². The number of ketones is 1. The van der Waals surface area contributed by atoms with Gasteiger partial charge in [0.15, 0.2) is 29.1 Å². The van der Waals surface area contributed by atoms with Gasteiger partial charge in [-0.05, 0) is 25.2 Å². The van der Waals surface area contributed by atoms with Crippen LogP contribution in [0.5, 0.6) is 17.2 Å². The van der Waals surface area contributed by atoms with Crippen molar-refractivity contribution in [3.8, 4) is 17.2 Å². The maximum atomic E-state index is 12.5. The highest BCUT2D eigenvalue weighted by molar-refractivity contribution is 6.07. The van der Waals surface area contributed by atoms with Crippen molar-refractivity contribution in [2.24, 2.45) is 0 Å². The Morgan fingerprint density at radius 2 is 1.56 bits per heavy atom. The number of hydrogen-bond acceptors (Lipinski definition) is 10. The smallest absolute Gasteiger partial charge is 0.261 e. The highest BCUT2D eigenvalue weighted by atomic mass is 16.7. The lowest BCUT2D eigenvalue weighted by Gasteiger charge is -2.37. The molecule has 2 heterocycles. The molecular weight excluding hydrogens is 476 g/mol. The second kappa shape index (κ2) is 10.2. The van der Waals surface area contributed by atoms with Crippen molar-refractivity contribution in [3.63, 3.8) is 0 Å². The number of methoxy groups -OCH3 is 4. The van der Waals surface area contributed by atoms with Crippen molar-refractivity contribution in [1.82, 2.24) is 0 Å². The minimum absolute atomic E-state index is 0.0175. The van der Waals surface area contributed by atoms with Crippen LogP contribution in [0.25, 0.3) is 6.08 Å². The Morgan fingerprint density at radius 3 is 2.14 bits per heavy atom. The van der Waals surface area contributed by atoms with Gasteiger partial charge in [-0.25, -0.2) is 0 Å². The minimum atomic E-state index is -1.50. The number of aliphatic hydroxyl groups is 2. The van der Waals surface area contributed by atoms with Crippen LogP contribution in [0, 0.1) is 0 Å². The molecule has 0 spiro atoms. The predicted molar refractivity (Wildman–Crippen MR) is 125 cm³/mol. The van der Waals surface area contributed by atoms with Gasteiger partial charge in [0.2, 0.25) is 12.4 Å². The number of Topliss-reactive ketones (excluding diaryl/α,β-unsaturated/α-hetero) is 1. The van der Waals surface area contributed by atoms with Crippen LogP contribution in [0.1, 0.15) is 12.5 Å². The second-order valence-electron chi connectivity index (χ2n) is 8.23. The van der Waals surface area contributed by atoms with E-state index in [-0.39, 0.29) is 23.0 Å². The Labute approximate surface area is 207 Å². The molecule has 0 unspecified atom stereocenters. The van der Waals surface area contributed by atoms with Crippen molar-refractivity contribution >= 4 is 11.9 Å². The molecule has 4 N–H and O–H groups in total. The molecule has 11 heteroatoms. The van der Waals surface area contributed by atoms with Gasteiger partial charge in [-0.15, -0.1) is 0 Å². The van der Waals surface area contributed by atoms with Crippen LogP contribution in [0.2, 0.25) is 0 Å². The van der Waals surface area contributed by atoms with Gasteiger partial charge >= 0.3 is 0 Å². The highest BCUT2D eigenvalue weighted by Crippen LogP contribution is 2.43. The first-order chi connectivity index (χ1) is 17.2. The quantitative estimate of drug-likeness (QED) is 0.535. The average Bonchev–Trinajstić information content (AvgIpc) is 2.89. The third-order valence-electron chi connectivity index (χ3n) is 6.06. The normalized spacial score (nSPS) is 27.7. The number of allylic oxidation sites excluding steroid dienone is 3. The lowest BCUT2D eigenvalue weighted by molar-refractivity contribution is -0.282. The van der Waals surface area contributed by atoms with E-state index in [0.717, 1.165) is 0 Å². The molecule has 3 aliphatic rings. The summed E-state index contributed by atoms with van der Waals surface area (Å²) in [5.41, 5.74) is 0.896. The highest BCUT2D eigenvalue weighted by Gasteiger charge is 2.47. The molecule has 1 aromatic rings. The molecule has 0 saturated carbocycles. The summed E-state index contributed by atoms with van der Waals surface area (Å²) in [4.78, 5) is 12.5. The standard InChI is InChI=1S/C25H28O11/c1-11-20(26)22(28)23(29)25(34-11)36-19-10-14-15(31-3)8-13(30-2)9-16(14)35-24(19)12-6-17(32-4)21(27)18(7-12)33-5/h6-11,20,22-23,25-26,28-29H,1-5H3/p+1/t11-,20-,22+,23+,25-/m0/s1. The number of rotatable bonds is 6. The van der Waals surface area contributed by atoms with Crippen LogP contribution in [0.15, 0.2) is 52.9 Å². The van der Waals surface area contributed by atoms with E-state index >= 15 is 0 Å². The number of aliphatic hydroxyl groups excluding tert-OH is 2. The van der Waals surface area contributed by atoms with E-state index in [2.05, 4.69) is 0 Å². The molecule has 1 fully saturated rings. The van der Waals surface area contributed by atoms with Gasteiger partial charge in [0, 0.05) is 17.7 Å². The van der Waals surface area contributed by atoms with Gasteiger partial charge in [0.25, 0.3) is 5.78 Å². The number of carbonyl (C=O) groups excluding carboxylic acids is 1. The van der Waals surface area contributed by atoms with E-state index in [1.165, 1.54) is 40.6 Å². The van der Waals surface area contributed by atoms with Gasteiger partial charge in [-0.3, -0.25) is 4.79 Å². The first kappa shape index (κ1) is 25.6. The minimum Gasteiger partial charge on any atom is -0.496 e. The Balaban J connectivity index is 1.87. The molecule has 1 aromatic carbocycles. The predicted octanol–water partition coefficient (Wildman–Crippen LogP) is 0.911. The van der Waals surface area contributed by atoms with E-state index in [9.17, 15) is 15.0 Å². The zero-order chi connectivity index (χ0) is 26.1. The topological polar surface area (TPSA) is 145 Å². The van der Waals surface area contributed by atoms with Gasteiger partial charge in [-0.1, -0.05) is 0 Å². The Morgan fingerprint density at radius 1 is 0.889 bits per heavy atom. The Bertz CT molecular complexity index is 1140. The molecule has 0 radical (unpaired) electrons. The van der Waals surface area contributed by atoms with Crippen LogP contribution in [0.3, 0.4) is 0 Å². The second-order valence-corrected chi connectivity index (χ2v) is 8.23. The molecule has 4 rings (SSSR count). The summed E-state index contributed by atoms with van der Waals surface area (Å²) in [6.45, 7) is 1.60. The van der Waals surface area contributed by atoms with Gasteiger partial charge in [0.1, 0.15) is 29.5 Å². The Hall–Kier alpha value is -3.51. The van der Waals surface area contributed by atoms with E-state index < -0.39 is 36.5 Å². The lowest BCUT2D eigenvalue weighted by Crippen LogP contribution is -2.57. The van der Waals surface area contributed by atoms with Crippen LogP contribution < -0.4 is 14.2 Å². The van der Waals surface area contributed by atoms with Crippen molar-refractivity contribution < 1.29 is 53.3 Å². The number of benzene rings is 1. The number of hydrogen-bond donors (Lipinski definition) is 2. The largest absolute Gasteiger partial charge is 0.496 e. The SMILES string of the molecule is COC1=CC(=C2Oc3cc(OC)cc(OC)c3C=C2O[C@@H]2O[C@@H](C)[C@H]([OH2+])[C@@H](O)[C@H]2O)C=C(OC)C1=O. The summed E-state index contributed by atoms with van der Waals surface area (Å²) in [5.74, 6) is 1.15. The lowest BCUT2D eigenvalue weighted by atomic mass is 9.99. The zero-order valence-electron chi connectivity index (χ0n) is 20.4. The maximum absolute atomic E-state index is 12.5. The fraction of sp³-hybridized carbons (Fsp3) is 0.400. The Kier molecular flexibility index (Phi) is 7.27. The zero-order valence-corrected chi connectivity index (χ0v) is 20.4. The number of carbonyl (C=O) groups is 1. The van der Waals surface area contributed by atoms with Gasteiger partial charge in [0.05, 0.1) is 34.0 Å². The summed E-state index contributed by atoms with van der Waals surface area (Å²) in [6, 6.07) is 3.33. The molecular formula is C25H29O11+. The molecule has 2 aliphatic heterocycles. The number of ether oxygens (including phenoxy) is 7. The molecule has 0 aromatic heterocycles. The number of fused-ring (bicyclic) bond motifs is 1. The first-order valence-electron chi connectivity index (χ1n) is 11.1. The molecule has 5 atom stereocenters. The van der Waals surface area contributed by atoms with E-state index in [1.54, 1.807) is 25.1 Å². The summed E-state index contributed by atoms with van der Waals surface area (Å²) in [5, 5.41) is 28.8. The van der Waals surface area contributed by atoms with Gasteiger partial charge < -0.3 is 48.5 Å². The van der Waals surface area contributed by atoms with E-state index in [1.807, 2.05) is 0 Å². The third-order valence-corrected chi connectivity index (χ3v) is 6.06. The monoisotopic (exact) mass is 505 g/mol. The maximum Gasteiger partial charge on any atom is 0.261 e. The summed E-state index contributed by atoms with van der Waals surface area (Å²) < 4.78 is 39.2. The first-order valence-corrected chi connectivity index (χ1v) is 11.1. The third kappa shape index (κ3) is 4.53. The molecule has 36 heavy (non-hydrogen) atoms. The molecule has 11 nitrogen and oxygen atoms in total.